The smallest absolute Gasteiger partial charge is 0.259 e. The van der Waals surface area contributed by atoms with Crippen molar-refractivity contribution in [1.29, 1.82) is 0 Å². The summed E-state index contributed by atoms with van der Waals surface area (Å²) < 4.78 is 7.40. The predicted molar refractivity (Wildman–Crippen MR) is 108 cm³/mol. The molecule has 2 aromatic carbocycles. The molecule has 0 radical (unpaired) electrons. The number of nitrogens with zero attached hydrogens (tertiary/aromatic N) is 1. The number of nitrogens with one attached hydrogen (secondary N) is 1. The predicted octanol–water partition coefficient (Wildman–Crippen LogP) is 1.48. The van der Waals surface area contributed by atoms with Crippen molar-refractivity contribution in [3.8, 4) is 5.75 Å². The van der Waals surface area contributed by atoms with Crippen LogP contribution in [0.5, 0.6) is 5.75 Å². The van der Waals surface area contributed by atoms with Gasteiger partial charge in [0, 0.05) is 29.7 Å². The fourth-order valence-corrected chi connectivity index (χ4v) is 3.52. The molecule has 1 unspecified atom stereocenters. The van der Waals surface area contributed by atoms with E-state index >= 15 is 0 Å². The van der Waals surface area contributed by atoms with E-state index in [-0.39, 0.29) is 12.2 Å². The van der Waals surface area contributed by atoms with Gasteiger partial charge < -0.3 is 19.5 Å². The molecule has 2 amide bonds. The zero-order chi connectivity index (χ0) is 20.5. The van der Waals surface area contributed by atoms with Gasteiger partial charge in [0.15, 0.2) is 0 Å². The first-order valence-electron chi connectivity index (χ1n) is 9.16. The minimum atomic E-state index is -1.000. The Labute approximate surface area is 166 Å². The summed E-state index contributed by atoms with van der Waals surface area (Å²) in [6.07, 6.45) is 0.844. The standard InChI is InChI=1S/C22H20N2O5/c1-24-10-17(16-7-2-3-8-18(16)24)20-19(21(27)23-22(20)28)13-5-4-6-15(9-13)29-12-14(26)11-25/h2-10,14,25-26H,11-12H2,1H3,(H,23,27,28). The molecular weight excluding hydrogens is 372 g/mol. The molecule has 7 nitrogen and oxygen atoms in total. The van der Waals surface area contributed by atoms with Crippen molar-refractivity contribution in [1.82, 2.24) is 9.88 Å². The van der Waals surface area contributed by atoms with E-state index in [0.29, 0.717) is 22.4 Å². The lowest BCUT2D eigenvalue weighted by molar-refractivity contribution is -0.122. The minimum absolute atomic E-state index is 0.0830. The van der Waals surface area contributed by atoms with E-state index in [1.807, 2.05) is 42.1 Å². The molecule has 0 saturated heterocycles. The second-order valence-corrected chi connectivity index (χ2v) is 6.88. The normalized spacial score (nSPS) is 15.1. The van der Waals surface area contributed by atoms with Gasteiger partial charge in [0.25, 0.3) is 11.8 Å². The number of carbonyl (C=O) groups excluding carboxylic acids is 2. The van der Waals surface area contributed by atoms with Crippen LogP contribution in [-0.2, 0) is 16.6 Å². The van der Waals surface area contributed by atoms with Gasteiger partial charge in [-0.05, 0) is 23.8 Å². The first-order valence-corrected chi connectivity index (χ1v) is 9.16. The van der Waals surface area contributed by atoms with Gasteiger partial charge in [-0.15, -0.1) is 0 Å². The third-order valence-electron chi connectivity index (χ3n) is 4.87. The number of aliphatic hydroxyl groups excluding tert-OH is 2. The van der Waals surface area contributed by atoms with E-state index in [1.165, 1.54) is 0 Å². The van der Waals surface area contributed by atoms with Crippen molar-refractivity contribution < 1.29 is 24.5 Å². The first kappa shape index (κ1) is 18.9. The van der Waals surface area contributed by atoms with E-state index in [0.717, 1.165) is 10.9 Å². The number of hydrogen-bond acceptors (Lipinski definition) is 5. The Bertz CT molecular complexity index is 1150. The number of imide groups is 1. The van der Waals surface area contributed by atoms with Gasteiger partial charge in [-0.2, -0.15) is 0 Å². The number of fused-ring (bicyclic) bond motifs is 1. The van der Waals surface area contributed by atoms with Gasteiger partial charge >= 0.3 is 0 Å². The van der Waals surface area contributed by atoms with Crippen molar-refractivity contribution in [2.45, 2.75) is 6.10 Å². The maximum absolute atomic E-state index is 12.7. The highest BCUT2D eigenvalue weighted by atomic mass is 16.5. The van der Waals surface area contributed by atoms with E-state index in [2.05, 4.69) is 5.32 Å². The van der Waals surface area contributed by atoms with Crippen LogP contribution < -0.4 is 10.1 Å². The maximum atomic E-state index is 12.7. The Balaban J connectivity index is 1.83. The third kappa shape index (κ3) is 3.41. The molecule has 0 aliphatic carbocycles. The molecule has 1 aliphatic rings. The van der Waals surface area contributed by atoms with Crippen molar-refractivity contribution in [2.24, 2.45) is 7.05 Å². The molecule has 0 bridgehead atoms. The summed E-state index contributed by atoms with van der Waals surface area (Å²) in [6.45, 7) is -0.493. The van der Waals surface area contributed by atoms with Gasteiger partial charge in [0.05, 0.1) is 17.8 Å². The van der Waals surface area contributed by atoms with Crippen molar-refractivity contribution >= 4 is 33.9 Å². The van der Waals surface area contributed by atoms with Crippen molar-refractivity contribution in [2.75, 3.05) is 13.2 Å². The zero-order valence-electron chi connectivity index (χ0n) is 15.8. The summed E-state index contributed by atoms with van der Waals surface area (Å²) in [4.78, 5) is 25.3. The summed E-state index contributed by atoms with van der Waals surface area (Å²) >= 11 is 0. The fourth-order valence-electron chi connectivity index (χ4n) is 3.52. The number of benzene rings is 2. The highest BCUT2D eigenvalue weighted by Crippen LogP contribution is 2.36. The van der Waals surface area contributed by atoms with E-state index in [9.17, 15) is 14.7 Å². The molecule has 2 heterocycles. The largest absolute Gasteiger partial charge is 0.491 e. The SMILES string of the molecule is Cn1cc(C2=C(c3cccc(OCC(O)CO)c3)C(=O)NC2=O)c2ccccc21. The summed E-state index contributed by atoms with van der Waals surface area (Å²) in [7, 11) is 1.89. The molecule has 0 saturated carbocycles. The molecule has 29 heavy (non-hydrogen) atoms. The van der Waals surface area contributed by atoms with Crippen LogP contribution in [-0.4, -0.2) is 45.9 Å². The second-order valence-electron chi connectivity index (χ2n) is 6.88. The molecule has 0 spiro atoms. The lowest BCUT2D eigenvalue weighted by Crippen LogP contribution is -2.22. The minimum Gasteiger partial charge on any atom is -0.491 e. The van der Waals surface area contributed by atoms with Crippen molar-refractivity contribution in [3.05, 3.63) is 65.9 Å². The molecule has 4 rings (SSSR count). The van der Waals surface area contributed by atoms with Crippen LogP contribution in [0.2, 0.25) is 0 Å². The van der Waals surface area contributed by atoms with Crippen LogP contribution in [0.15, 0.2) is 54.7 Å². The summed E-state index contributed by atoms with van der Waals surface area (Å²) in [6, 6.07) is 14.4. The van der Waals surface area contributed by atoms with Crippen LogP contribution >= 0.6 is 0 Å². The molecule has 1 atom stereocenters. The first-order chi connectivity index (χ1) is 14.0. The zero-order valence-corrected chi connectivity index (χ0v) is 15.8. The van der Waals surface area contributed by atoms with Gasteiger partial charge in [-0.3, -0.25) is 14.9 Å². The number of hydrogen-bond donors (Lipinski definition) is 3. The monoisotopic (exact) mass is 392 g/mol. The van der Waals surface area contributed by atoms with Crippen LogP contribution in [0.4, 0.5) is 0 Å². The van der Waals surface area contributed by atoms with E-state index in [1.54, 1.807) is 24.3 Å². The second kappa shape index (κ2) is 7.54. The number of aryl methyl sites for hydroxylation is 1. The van der Waals surface area contributed by atoms with Gasteiger partial charge in [0.1, 0.15) is 18.5 Å². The average Bonchev–Trinajstić information content (AvgIpc) is 3.21. The van der Waals surface area contributed by atoms with Gasteiger partial charge in [0.2, 0.25) is 0 Å². The third-order valence-corrected chi connectivity index (χ3v) is 4.87. The Kier molecular flexibility index (Phi) is 4.92. The Morgan fingerprint density at radius 2 is 1.83 bits per heavy atom. The fraction of sp³-hybridized carbons (Fsp3) is 0.182. The summed E-state index contributed by atoms with van der Waals surface area (Å²) in [5.41, 5.74) is 2.77. The number of aromatic nitrogens is 1. The molecule has 3 aromatic rings. The molecule has 1 aromatic heterocycles. The molecule has 148 valence electrons. The topological polar surface area (TPSA) is 101 Å². The van der Waals surface area contributed by atoms with Gasteiger partial charge in [-0.25, -0.2) is 0 Å². The average molecular weight is 392 g/mol. The molecule has 0 fully saturated rings. The molecule has 7 heteroatoms. The maximum Gasteiger partial charge on any atom is 0.259 e. The number of amides is 2. The number of para-hydroxylation sites is 1. The van der Waals surface area contributed by atoms with E-state index in [4.69, 9.17) is 9.84 Å². The highest BCUT2D eigenvalue weighted by Gasteiger charge is 2.33. The number of carbonyl (C=O) groups is 2. The number of aliphatic hydroxyl groups is 2. The summed E-state index contributed by atoms with van der Waals surface area (Å²) in [5.74, 6) is -0.485. The van der Waals surface area contributed by atoms with Crippen LogP contribution in [0.3, 0.4) is 0 Å². The van der Waals surface area contributed by atoms with Crippen LogP contribution in [0.25, 0.3) is 22.0 Å². The van der Waals surface area contributed by atoms with E-state index < -0.39 is 24.5 Å². The Hall–Kier alpha value is -3.42. The molecular formula is C22H20N2O5. The summed E-state index contributed by atoms with van der Waals surface area (Å²) in [5, 5.41) is 21.7. The highest BCUT2D eigenvalue weighted by molar-refractivity contribution is 6.50. The Morgan fingerprint density at radius 1 is 1.07 bits per heavy atom. The molecule has 3 N–H and O–H groups in total. The van der Waals surface area contributed by atoms with Crippen LogP contribution in [0.1, 0.15) is 11.1 Å². The van der Waals surface area contributed by atoms with Crippen LogP contribution in [0, 0.1) is 0 Å². The van der Waals surface area contributed by atoms with Gasteiger partial charge in [-0.1, -0.05) is 30.3 Å². The molecule has 1 aliphatic heterocycles. The quantitative estimate of drug-likeness (QED) is 0.552. The van der Waals surface area contributed by atoms with Crippen molar-refractivity contribution in [3.63, 3.8) is 0 Å². The number of ether oxygens (including phenoxy) is 1. The lowest BCUT2D eigenvalue weighted by Gasteiger charge is -2.11. The lowest BCUT2D eigenvalue weighted by atomic mass is 9.96. The number of rotatable bonds is 6. The Morgan fingerprint density at radius 3 is 2.62 bits per heavy atom.